The van der Waals surface area contributed by atoms with E-state index in [1.54, 1.807) is 13.2 Å². The van der Waals surface area contributed by atoms with Gasteiger partial charge in [0.2, 0.25) is 0 Å². The van der Waals surface area contributed by atoms with Gasteiger partial charge in [-0.05, 0) is 25.0 Å². The number of amides is 2. The number of ether oxygens (including phenoxy) is 1. The largest absolute Gasteiger partial charge is 0.497 e. The maximum atomic E-state index is 12.0. The summed E-state index contributed by atoms with van der Waals surface area (Å²) >= 11 is 0. The molecule has 0 saturated heterocycles. The number of carbonyl (C=O) groups excluding carboxylic acids is 1. The Balaban J connectivity index is 2.68. The summed E-state index contributed by atoms with van der Waals surface area (Å²) in [5.41, 5.74) is 6.10. The van der Waals surface area contributed by atoms with Crippen LogP contribution in [0.15, 0.2) is 24.3 Å². The Kier molecular flexibility index (Phi) is 5.63. The van der Waals surface area contributed by atoms with Crippen LogP contribution in [-0.2, 0) is 0 Å². The molecule has 0 aliphatic heterocycles. The van der Waals surface area contributed by atoms with Crippen molar-refractivity contribution in [3.63, 3.8) is 0 Å². The van der Waals surface area contributed by atoms with Crippen LogP contribution in [0.3, 0.4) is 0 Å². The Morgan fingerprint density at radius 2 is 2.05 bits per heavy atom. The molecule has 0 radical (unpaired) electrons. The number of hydrogen-bond acceptors (Lipinski definition) is 3. The van der Waals surface area contributed by atoms with Gasteiger partial charge in [0, 0.05) is 18.3 Å². The normalized spacial score (nSPS) is 10.9. The van der Waals surface area contributed by atoms with Crippen molar-refractivity contribution in [2.75, 3.05) is 19.0 Å². The van der Waals surface area contributed by atoms with Crippen LogP contribution < -0.4 is 21.1 Å². The quantitative estimate of drug-likeness (QED) is 0.739. The Morgan fingerprint density at radius 3 is 2.58 bits per heavy atom. The van der Waals surface area contributed by atoms with Crippen molar-refractivity contribution in [1.29, 1.82) is 0 Å². The summed E-state index contributed by atoms with van der Waals surface area (Å²) in [5, 5.41) is 5.74. The highest BCUT2D eigenvalue weighted by Crippen LogP contribution is 2.17. The highest BCUT2D eigenvalue weighted by Gasteiger charge is 2.26. The van der Waals surface area contributed by atoms with Crippen LogP contribution in [0.1, 0.15) is 26.7 Å². The van der Waals surface area contributed by atoms with Crippen LogP contribution >= 0.6 is 0 Å². The summed E-state index contributed by atoms with van der Waals surface area (Å²) in [6.07, 6.45) is 1.59. The van der Waals surface area contributed by atoms with Crippen LogP contribution in [0.25, 0.3) is 0 Å². The fraction of sp³-hybridized carbons (Fsp3) is 0.500. The highest BCUT2D eigenvalue weighted by molar-refractivity contribution is 5.90. The Bertz CT molecular complexity index is 409. The zero-order valence-corrected chi connectivity index (χ0v) is 11.8. The second-order valence-electron chi connectivity index (χ2n) is 4.50. The predicted molar refractivity (Wildman–Crippen MR) is 77.5 cm³/mol. The molecule has 2 amide bonds. The van der Waals surface area contributed by atoms with Gasteiger partial charge in [-0.3, -0.25) is 0 Å². The van der Waals surface area contributed by atoms with Gasteiger partial charge in [0.15, 0.2) is 0 Å². The molecule has 0 aliphatic carbocycles. The van der Waals surface area contributed by atoms with Crippen molar-refractivity contribution in [3.05, 3.63) is 24.3 Å². The van der Waals surface area contributed by atoms with E-state index in [0.717, 1.165) is 12.8 Å². The summed E-state index contributed by atoms with van der Waals surface area (Å²) < 4.78 is 5.11. The average molecular weight is 265 g/mol. The number of hydrogen-bond donors (Lipinski definition) is 3. The van der Waals surface area contributed by atoms with Crippen molar-refractivity contribution in [1.82, 2.24) is 5.32 Å². The first-order valence-electron chi connectivity index (χ1n) is 6.52. The van der Waals surface area contributed by atoms with E-state index in [2.05, 4.69) is 10.6 Å². The minimum absolute atomic E-state index is 0.248. The number of urea groups is 1. The van der Waals surface area contributed by atoms with Crippen molar-refractivity contribution in [2.24, 2.45) is 5.73 Å². The first-order chi connectivity index (χ1) is 9.09. The van der Waals surface area contributed by atoms with Gasteiger partial charge >= 0.3 is 6.03 Å². The molecule has 0 fully saturated rings. The molecule has 19 heavy (non-hydrogen) atoms. The summed E-state index contributed by atoms with van der Waals surface area (Å²) in [6, 6.07) is 6.98. The number of carbonyl (C=O) groups is 1. The third-order valence-electron chi connectivity index (χ3n) is 3.45. The maximum Gasteiger partial charge on any atom is 0.319 e. The highest BCUT2D eigenvalue weighted by atomic mass is 16.5. The lowest BCUT2D eigenvalue weighted by molar-refractivity contribution is 0.233. The fourth-order valence-electron chi connectivity index (χ4n) is 1.87. The molecule has 4 N–H and O–H groups in total. The summed E-state index contributed by atoms with van der Waals surface area (Å²) in [6.45, 7) is 4.45. The molecular formula is C14H23N3O2. The second kappa shape index (κ2) is 6.99. The lowest BCUT2D eigenvalue weighted by Gasteiger charge is -2.31. The van der Waals surface area contributed by atoms with Gasteiger partial charge < -0.3 is 21.1 Å². The molecule has 0 unspecified atom stereocenters. The van der Waals surface area contributed by atoms with Crippen LogP contribution in [0.4, 0.5) is 10.5 Å². The molecular weight excluding hydrogens is 242 g/mol. The monoisotopic (exact) mass is 265 g/mol. The molecule has 5 heteroatoms. The lowest BCUT2D eigenvalue weighted by atomic mass is 9.93. The van der Waals surface area contributed by atoms with E-state index in [0.29, 0.717) is 18.0 Å². The molecule has 106 valence electrons. The van der Waals surface area contributed by atoms with Crippen molar-refractivity contribution in [3.8, 4) is 5.75 Å². The minimum atomic E-state index is -0.344. The van der Waals surface area contributed by atoms with Crippen molar-refractivity contribution >= 4 is 11.7 Å². The molecule has 0 spiro atoms. The van der Waals surface area contributed by atoms with E-state index in [1.165, 1.54) is 0 Å². The molecule has 0 aromatic heterocycles. The summed E-state index contributed by atoms with van der Waals surface area (Å²) in [5.74, 6) is 0.703. The molecule has 0 atom stereocenters. The molecule has 5 nitrogen and oxygen atoms in total. The molecule has 0 bridgehead atoms. The smallest absolute Gasteiger partial charge is 0.319 e. The van der Waals surface area contributed by atoms with E-state index in [-0.39, 0.29) is 11.6 Å². The van der Waals surface area contributed by atoms with Gasteiger partial charge in [0.25, 0.3) is 0 Å². The lowest BCUT2D eigenvalue weighted by Crippen LogP contribution is -2.54. The number of anilines is 1. The number of methoxy groups -OCH3 is 1. The molecule has 1 aromatic rings. The van der Waals surface area contributed by atoms with Crippen molar-refractivity contribution in [2.45, 2.75) is 32.2 Å². The van der Waals surface area contributed by atoms with E-state index in [1.807, 2.05) is 32.0 Å². The number of nitrogens with one attached hydrogen (secondary N) is 2. The molecule has 0 saturated carbocycles. The van der Waals surface area contributed by atoms with Crippen LogP contribution in [0.5, 0.6) is 5.75 Å². The second-order valence-corrected chi connectivity index (χ2v) is 4.50. The number of nitrogens with two attached hydrogens (primary N) is 1. The van der Waals surface area contributed by atoms with Crippen LogP contribution in [0.2, 0.25) is 0 Å². The average Bonchev–Trinajstić information content (AvgIpc) is 2.45. The number of rotatable bonds is 6. The van der Waals surface area contributed by atoms with E-state index < -0.39 is 0 Å². The van der Waals surface area contributed by atoms with Gasteiger partial charge in [0.1, 0.15) is 5.75 Å². The third-order valence-corrected chi connectivity index (χ3v) is 3.45. The van der Waals surface area contributed by atoms with E-state index in [9.17, 15) is 4.79 Å². The van der Waals surface area contributed by atoms with Gasteiger partial charge in [-0.25, -0.2) is 4.79 Å². The first kappa shape index (κ1) is 15.3. The van der Waals surface area contributed by atoms with Gasteiger partial charge in [-0.2, -0.15) is 0 Å². The molecule has 0 heterocycles. The Labute approximate surface area is 114 Å². The molecule has 0 aliphatic rings. The topological polar surface area (TPSA) is 76.4 Å². The van der Waals surface area contributed by atoms with Gasteiger partial charge in [-0.1, -0.05) is 19.9 Å². The Hall–Kier alpha value is -1.75. The van der Waals surface area contributed by atoms with E-state index in [4.69, 9.17) is 10.5 Å². The standard InChI is InChI=1S/C14H23N3O2/c1-4-14(5-2,10-15)17-13(18)16-11-7-6-8-12(9-11)19-3/h6-9H,4-5,10,15H2,1-3H3,(H2,16,17,18). The third kappa shape index (κ3) is 4.13. The first-order valence-corrected chi connectivity index (χ1v) is 6.52. The zero-order valence-electron chi connectivity index (χ0n) is 11.8. The van der Waals surface area contributed by atoms with Gasteiger partial charge in [-0.15, -0.1) is 0 Å². The molecule has 1 aromatic carbocycles. The minimum Gasteiger partial charge on any atom is -0.497 e. The molecule has 1 rings (SSSR count). The zero-order chi connectivity index (χ0) is 14.3. The maximum absolute atomic E-state index is 12.0. The predicted octanol–water partition coefficient (Wildman–Crippen LogP) is 2.33. The van der Waals surface area contributed by atoms with Crippen LogP contribution in [-0.4, -0.2) is 25.2 Å². The van der Waals surface area contributed by atoms with Crippen LogP contribution in [0, 0.1) is 0 Å². The van der Waals surface area contributed by atoms with Crippen molar-refractivity contribution < 1.29 is 9.53 Å². The van der Waals surface area contributed by atoms with Gasteiger partial charge in [0.05, 0.1) is 12.6 Å². The van der Waals surface area contributed by atoms with E-state index >= 15 is 0 Å². The fourth-order valence-corrected chi connectivity index (χ4v) is 1.87. The Morgan fingerprint density at radius 1 is 1.37 bits per heavy atom. The summed E-state index contributed by atoms with van der Waals surface area (Å²) in [7, 11) is 1.59. The number of benzene rings is 1. The SMILES string of the molecule is CCC(CC)(CN)NC(=O)Nc1cccc(OC)c1. The summed E-state index contributed by atoms with van der Waals surface area (Å²) in [4.78, 5) is 12.0.